The highest BCUT2D eigenvalue weighted by Crippen LogP contribution is 2.41. The number of aryl methyl sites for hydroxylation is 2. The molecule has 0 radical (unpaired) electrons. The Morgan fingerprint density at radius 1 is 1.15 bits per heavy atom. The molecule has 1 aliphatic heterocycles. The van der Waals surface area contributed by atoms with Gasteiger partial charge in [0, 0.05) is 19.3 Å². The Bertz CT molecular complexity index is 1310. The zero-order chi connectivity index (χ0) is 24.0. The molecule has 1 aromatic carbocycles. The molecule has 1 amide bonds. The fraction of sp³-hybridized carbons (Fsp3) is 0.292. The van der Waals surface area contributed by atoms with Crippen molar-refractivity contribution in [1.29, 1.82) is 0 Å². The van der Waals surface area contributed by atoms with Crippen LogP contribution in [0.4, 0.5) is 0 Å². The number of rotatable bonds is 5. The van der Waals surface area contributed by atoms with E-state index in [0.717, 1.165) is 5.56 Å². The summed E-state index contributed by atoms with van der Waals surface area (Å²) in [7, 11) is 3.76. The number of fused-ring (bicyclic) bond motifs is 1. The molecule has 1 fully saturated rings. The molecule has 4 rings (SSSR count). The molecule has 0 spiro atoms. The number of ketones is 1. The number of carbonyl (C=O) groups is 2. The lowest BCUT2D eigenvalue weighted by Crippen LogP contribution is -2.35. The van der Waals surface area contributed by atoms with Crippen LogP contribution in [0, 0.1) is 13.8 Å². The lowest BCUT2D eigenvalue weighted by molar-refractivity contribution is -0.140. The molecule has 1 N–H and O–H groups in total. The van der Waals surface area contributed by atoms with Crippen LogP contribution in [0.15, 0.2) is 42.1 Å². The maximum Gasteiger partial charge on any atom is 0.295 e. The van der Waals surface area contributed by atoms with Crippen LogP contribution in [0.3, 0.4) is 0 Å². The summed E-state index contributed by atoms with van der Waals surface area (Å²) in [5, 5.41) is 12.0. The largest absolute Gasteiger partial charge is 0.505 e. The van der Waals surface area contributed by atoms with Crippen molar-refractivity contribution in [3.8, 4) is 0 Å². The van der Waals surface area contributed by atoms with Gasteiger partial charge < -0.3 is 19.3 Å². The Kier molecular flexibility index (Phi) is 6.22. The number of aliphatic hydroxyl groups is 1. The third kappa shape index (κ3) is 4.01. The molecule has 33 heavy (non-hydrogen) atoms. The Morgan fingerprint density at radius 2 is 1.88 bits per heavy atom. The number of halogens is 2. The summed E-state index contributed by atoms with van der Waals surface area (Å²) in [6.07, 6.45) is 1.84. The van der Waals surface area contributed by atoms with Crippen LogP contribution in [0.1, 0.15) is 28.6 Å². The summed E-state index contributed by atoms with van der Waals surface area (Å²) in [6.45, 7) is 4.56. The third-order valence-electron chi connectivity index (χ3n) is 5.90. The number of carbonyl (C=O) groups excluding carboxylic acids is 2. The van der Waals surface area contributed by atoms with Gasteiger partial charge in [0.15, 0.2) is 5.76 Å². The molecule has 3 aromatic rings. The molecular weight excluding hydrogens is 463 g/mol. The Hall–Kier alpha value is -2.87. The van der Waals surface area contributed by atoms with E-state index in [1.54, 1.807) is 18.2 Å². The minimum Gasteiger partial charge on any atom is -0.505 e. The SMILES string of the molecule is Cc1cccn2c(C)c(C(O)=C3C(=O)C(=O)N(CCN(C)C)C3c3ccc(Cl)c(Cl)c3)nc12. The van der Waals surface area contributed by atoms with Crippen LogP contribution in [0.5, 0.6) is 0 Å². The first-order valence-electron chi connectivity index (χ1n) is 10.4. The standard InChI is InChI=1S/C24H24Cl2N4O3/c1-13-6-5-9-29-14(2)19(27-23(13)29)21(31)18-20(15-7-8-16(25)17(26)12-15)30(11-10-28(3)4)24(33)22(18)32/h5-9,12,20,31H,10-11H2,1-4H3. The minimum atomic E-state index is -0.815. The van der Waals surface area contributed by atoms with Gasteiger partial charge >= 0.3 is 0 Å². The van der Waals surface area contributed by atoms with E-state index in [-0.39, 0.29) is 17.0 Å². The highest BCUT2D eigenvalue weighted by Gasteiger charge is 2.46. The van der Waals surface area contributed by atoms with Crippen molar-refractivity contribution in [1.82, 2.24) is 19.2 Å². The number of likely N-dealkylation sites (tertiary alicyclic amines) is 1. The second kappa shape index (κ2) is 8.82. The number of likely N-dealkylation sites (N-methyl/N-ethyl adjacent to an activating group) is 1. The summed E-state index contributed by atoms with van der Waals surface area (Å²) in [6, 6.07) is 7.94. The number of hydrogen-bond acceptors (Lipinski definition) is 5. The highest BCUT2D eigenvalue weighted by molar-refractivity contribution is 6.46. The average Bonchev–Trinajstić information content (AvgIpc) is 3.24. The summed E-state index contributed by atoms with van der Waals surface area (Å²) in [4.78, 5) is 34.2. The fourth-order valence-electron chi connectivity index (χ4n) is 4.12. The summed E-state index contributed by atoms with van der Waals surface area (Å²) in [5.74, 6) is -1.74. The monoisotopic (exact) mass is 486 g/mol. The average molecular weight is 487 g/mol. The molecule has 2 aromatic heterocycles. The van der Waals surface area contributed by atoms with Crippen molar-refractivity contribution in [3.63, 3.8) is 0 Å². The zero-order valence-electron chi connectivity index (χ0n) is 18.8. The Labute approximate surface area is 201 Å². The molecule has 1 aliphatic rings. The van der Waals surface area contributed by atoms with E-state index in [1.165, 1.54) is 4.90 Å². The molecule has 0 aliphatic carbocycles. The predicted molar refractivity (Wildman–Crippen MR) is 129 cm³/mol. The van der Waals surface area contributed by atoms with Gasteiger partial charge in [-0.1, -0.05) is 35.3 Å². The zero-order valence-corrected chi connectivity index (χ0v) is 20.3. The first kappa shape index (κ1) is 23.3. The summed E-state index contributed by atoms with van der Waals surface area (Å²) < 4.78 is 1.85. The Morgan fingerprint density at radius 3 is 2.52 bits per heavy atom. The van der Waals surface area contributed by atoms with E-state index in [9.17, 15) is 14.7 Å². The first-order valence-corrected chi connectivity index (χ1v) is 11.2. The molecule has 0 saturated carbocycles. The van der Waals surface area contributed by atoms with Crippen LogP contribution in [-0.4, -0.2) is 63.2 Å². The maximum absolute atomic E-state index is 13.2. The molecule has 1 atom stereocenters. The number of nitrogens with zero attached hydrogens (tertiary/aromatic N) is 4. The highest BCUT2D eigenvalue weighted by atomic mass is 35.5. The van der Waals surface area contributed by atoms with Crippen molar-refractivity contribution in [2.75, 3.05) is 27.2 Å². The minimum absolute atomic E-state index is 0.0127. The number of Topliss-reactive ketones (excluding diaryl/α,β-unsaturated/α-hetero) is 1. The number of benzene rings is 1. The van der Waals surface area contributed by atoms with Crippen LogP contribution in [0.2, 0.25) is 10.0 Å². The normalized spacial score (nSPS) is 18.2. The fourth-order valence-corrected chi connectivity index (χ4v) is 4.43. The van der Waals surface area contributed by atoms with Crippen LogP contribution in [-0.2, 0) is 9.59 Å². The second-order valence-corrected chi connectivity index (χ2v) is 9.21. The summed E-state index contributed by atoms with van der Waals surface area (Å²) in [5.41, 5.74) is 3.10. The van der Waals surface area contributed by atoms with E-state index in [0.29, 0.717) is 40.0 Å². The van der Waals surface area contributed by atoms with Gasteiger partial charge in [0.05, 0.1) is 27.4 Å². The third-order valence-corrected chi connectivity index (χ3v) is 6.63. The van der Waals surface area contributed by atoms with Crippen molar-refractivity contribution < 1.29 is 14.7 Å². The van der Waals surface area contributed by atoms with E-state index < -0.39 is 17.7 Å². The maximum atomic E-state index is 13.2. The van der Waals surface area contributed by atoms with Crippen LogP contribution in [0.25, 0.3) is 11.4 Å². The van der Waals surface area contributed by atoms with Gasteiger partial charge in [-0.15, -0.1) is 0 Å². The number of pyridine rings is 1. The van der Waals surface area contributed by atoms with Gasteiger partial charge in [0.2, 0.25) is 0 Å². The van der Waals surface area contributed by atoms with Gasteiger partial charge in [0.25, 0.3) is 11.7 Å². The molecule has 0 bridgehead atoms. The topological polar surface area (TPSA) is 78.2 Å². The smallest absolute Gasteiger partial charge is 0.295 e. The Balaban J connectivity index is 1.93. The first-order chi connectivity index (χ1) is 15.6. The number of aliphatic hydroxyl groups excluding tert-OH is 1. The van der Waals surface area contributed by atoms with E-state index in [1.807, 2.05) is 55.6 Å². The van der Waals surface area contributed by atoms with Gasteiger partial charge in [-0.2, -0.15) is 0 Å². The van der Waals surface area contributed by atoms with Crippen LogP contribution >= 0.6 is 23.2 Å². The van der Waals surface area contributed by atoms with Gasteiger partial charge in [-0.05, 0) is 57.3 Å². The molecule has 7 nitrogen and oxygen atoms in total. The molecule has 172 valence electrons. The number of aromatic nitrogens is 2. The van der Waals surface area contributed by atoms with E-state index in [4.69, 9.17) is 23.2 Å². The molecule has 1 unspecified atom stereocenters. The van der Waals surface area contributed by atoms with Gasteiger partial charge in [-0.25, -0.2) is 4.98 Å². The van der Waals surface area contributed by atoms with E-state index in [2.05, 4.69) is 4.98 Å². The molecule has 1 saturated heterocycles. The van der Waals surface area contributed by atoms with Crippen molar-refractivity contribution in [2.24, 2.45) is 0 Å². The lowest BCUT2D eigenvalue weighted by Gasteiger charge is -2.26. The van der Waals surface area contributed by atoms with Crippen molar-refractivity contribution >= 4 is 46.3 Å². The number of hydrogen-bond donors (Lipinski definition) is 1. The van der Waals surface area contributed by atoms with Gasteiger partial charge in [-0.3, -0.25) is 9.59 Å². The van der Waals surface area contributed by atoms with Crippen molar-refractivity contribution in [3.05, 3.63) is 74.7 Å². The quantitative estimate of drug-likeness (QED) is 0.331. The molecule has 9 heteroatoms. The van der Waals surface area contributed by atoms with E-state index >= 15 is 0 Å². The second-order valence-electron chi connectivity index (χ2n) is 8.40. The summed E-state index contributed by atoms with van der Waals surface area (Å²) >= 11 is 12.4. The van der Waals surface area contributed by atoms with Crippen molar-refractivity contribution in [2.45, 2.75) is 19.9 Å². The number of amides is 1. The molecular formula is C24H24Cl2N4O3. The predicted octanol–water partition coefficient (Wildman–Crippen LogP) is 4.24. The molecule has 3 heterocycles. The lowest BCUT2D eigenvalue weighted by atomic mass is 9.96. The number of imidazole rings is 1. The van der Waals surface area contributed by atoms with Crippen LogP contribution < -0.4 is 0 Å². The van der Waals surface area contributed by atoms with Gasteiger partial charge in [0.1, 0.15) is 11.3 Å².